The van der Waals surface area contributed by atoms with Crippen molar-refractivity contribution in [3.05, 3.63) is 11.3 Å². The number of aromatic nitrogens is 2. The lowest BCUT2D eigenvalue weighted by Crippen LogP contribution is -2.19. The monoisotopic (exact) mass is 255 g/mol. The van der Waals surface area contributed by atoms with Crippen LogP contribution in [0.4, 0.5) is 5.82 Å². The summed E-state index contributed by atoms with van der Waals surface area (Å²) in [4.78, 5) is 33.4. The van der Waals surface area contributed by atoms with Crippen molar-refractivity contribution in [2.45, 2.75) is 20.3 Å². The second-order valence-electron chi connectivity index (χ2n) is 3.41. The number of nitrogens with one attached hydrogen (secondary N) is 2. The minimum absolute atomic E-state index is 0.116. The third-order valence-corrected chi connectivity index (χ3v) is 2.03. The average molecular weight is 255 g/mol. The van der Waals surface area contributed by atoms with Crippen LogP contribution in [0.2, 0.25) is 0 Å². The zero-order chi connectivity index (χ0) is 13.7. The number of rotatable bonds is 5. The molecule has 1 heterocycles. The number of amides is 1. The van der Waals surface area contributed by atoms with Gasteiger partial charge in [-0.15, -0.1) is 0 Å². The van der Waals surface area contributed by atoms with E-state index in [0.717, 1.165) is 0 Å². The van der Waals surface area contributed by atoms with Crippen molar-refractivity contribution < 1.29 is 24.2 Å². The summed E-state index contributed by atoms with van der Waals surface area (Å²) < 4.78 is 4.59. The number of nitrogens with zero attached hydrogens (tertiary/aromatic N) is 1. The highest BCUT2D eigenvalue weighted by molar-refractivity contribution is 6.05. The molecular formula is C10H13N3O5. The quantitative estimate of drug-likeness (QED) is 0.514. The maximum Gasteiger partial charge on any atom is 0.341 e. The molecule has 0 aliphatic rings. The van der Waals surface area contributed by atoms with Gasteiger partial charge < -0.3 is 15.2 Å². The summed E-state index contributed by atoms with van der Waals surface area (Å²) in [6.45, 7) is 3.31. The van der Waals surface area contributed by atoms with Crippen molar-refractivity contribution in [1.82, 2.24) is 10.2 Å². The molecule has 0 aliphatic heterocycles. The van der Waals surface area contributed by atoms with E-state index in [1.165, 1.54) is 6.92 Å². The Labute approximate surface area is 102 Å². The Bertz CT molecular complexity index is 480. The Morgan fingerprint density at radius 3 is 2.67 bits per heavy atom. The predicted octanol–water partition coefficient (Wildman–Crippen LogP) is 0.308. The van der Waals surface area contributed by atoms with Gasteiger partial charge in [0.2, 0.25) is 5.91 Å². The normalized spacial score (nSPS) is 9.89. The maximum atomic E-state index is 11.4. The number of H-pyrrole nitrogens is 1. The van der Waals surface area contributed by atoms with Crippen molar-refractivity contribution >= 4 is 23.7 Å². The average Bonchev–Trinajstić information content (AvgIpc) is 2.59. The van der Waals surface area contributed by atoms with Crippen LogP contribution in [-0.4, -0.2) is 39.8 Å². The standard InChI is InChI=1S/C10H13N3O5/c1-3-18-7(15)4-6(14)11-9-8(10(16)17)5(2)12-13-9/h3-4H2,1-2H3,(H,16,17)(H2,11,12,13,14). The lowest BCUT2D eigenvalue weighted by Gasteiger charge is -2.03. The number of anilines is 1. The summed E-state index contributed by atoms with van der Waals surface area (Å²) in [5.41, 5.74) is 0.182. The van der Waals surface area contributed by atoms with Crippen LogP contribution in [0.3, 0.4) is 0 Å². The van der Waals surface area contributed by atoms with E-state index < -0.39 is 24.3 Å². The minimum atomic E-state index is -1.22. The first kappa shape index (κ1) is 13.7. The van der Waals surface area contributed by atoms with E-state index in [9.17, 15) is 14.4 Å². The van der Waals surface area contributed by atoms with Crippen molar-refractivity contribution in [2.24, 2.45) is 0 Å². The van der Waals surface area contributed by atoms with Crippen LogP contribution >= 0.6 is 0 Å². The molecule has 0 bridgehead atoms. The van der Waals surface area contributed by atoms with Crippen LogP contribution in [0.15, 0.2) is 0 Å². The number of ether oxygens (including phenoxy) is 1. The van der Waals surface area contributed by atoms with Gasteiger partial charge in [-0.1, -0.05) is 0 Å². The van der Waals surface area contributed by atoms with Crippen LogP contribution in [0, 0.1) is 6.92 Å². The molecule has 1 amide bonds. The molecule has 0 saturated carbocycles. The van der Waals surface area contributed by atoms with Crippen molar-refractivity contribution in [2.75, 3.05) is 11.9 Å². The highest BCUT2D eigenvalue weighted by atomic mass is 16.5. The summed E-state index contributed by atoms with van der Waals surface area (Å²) in [5.74, 6) is -2.69. The Hall–Kier alpha value is -2.38. The number of carboxylic acid groups (broad SMARTS) is 1. The summed E-state index contributed by atoms with van der Waals surface area (Å²) in [7, 11) is 0. The number of aryl methyl sites for hydroxylation is 1. The smallest absolute Gasteiger partial charge is 0.341 e. The van der Waals surface area contributed by atoms with Gasteiger partial charge in [0.15, 0.2) is 5.82 Å². The van der Waals surface area contributed by atoms with E-state index in [4.69, 9.17) is 5.11 Å². The SMILES string of the molecule is CCOC(=O)CC(=O)Nc1n[nH]c(C)c1C(=O)O. The molecule has 1 aromatic rings. The number of esters is 1. The lowest BCUT2D eigenvalue weighted by atomic mass is 10.2. The van der Waals surface area contributed by atoms with Gasteiger partial charge >= 0.3 is 11.9 Å². The topological polar surface area (TPSA) is 121 Å². The second kappa shape index (κ2) is 5.80. The molecule has 3 N–H and O–H groups in total. The van der Waals surface area contributed by atoms with Gasteiger partial charge in [-0.3, -0.25) is 14.7 Å². The Kier molecular flexibility index (Phi) is 4.41. The van der Waals surface area contributed by atoms with Crippen molar-refractivity contribution in [1.29, 1.82) is 0 Å². The molecule has 0 spiro atoms. The van der Waals surface area contributed by atoms with Crippen molar-refractivity contribution in [3.63, 3.8) is 0 Å². The number of hydrogen-bond acceptors (Lipinski definition) is 5. The van der Waals surface area contributed by atoms with Gasteiger partial charge in [-0.25, -0.2) is 4.79 Å². The zero-order valence-corrected chi connectivity index (χ0v) is 9.94. The first-order valence-corrected chi connectivity index (χ1v) is 5.19. The van der Waals surface area contributed by atoms with Crippen LogP contribution in [0.1, 0.15) is 29.4 Å². The Morgan fingerprint density at radius 1 is 1.44 bits per heavy atom. The molecule has 0 radical (unpaired) electrons. The van der Waals surface area contributed by atoms with E-state index in [0.29, 0.717) is 5.69 Å². The number of hydrogen-bond donors (Lipinski definition) is 3. The molecule has 0 saturated heterocycles. The van der Waals surface area contributed by atoms with Gasteiger partial charge in [0, 0.05) is 5.69 Å². The summed E-state index contributed by atoms with van der Waals surface area (Å²) in [6, 6.07) is 0. The molecule has 0 fully saturated rings. The van der Waals surface area contributed by atoms with E-state index >= 15 is 0 Å². The fraction of sp³-hybridized carbons (Fsp3) is 0.400. The molecule has 8 nitrogen and oxygen atoms in total. The van der Waals surface area contributed by atoms with Gasteiger partial charge in [0.05, 0.1) is 6.61 Å². The molecule has 0 unspecified atom stereocenters. The number of carbonyl (C=O) groups excluding carboxylic acids is 2. The fourth-order valence-electron chi connectivity index (χ4n) is 1.30. The Morgan fingerprint density at radius 2 is 2.11 bits per heavy atom. The largest absolute Gasteiger partial charge is 0.477 e. The van der Waals surface area contributed by atoms with Crippen LogP contribution in [0.5, 0.6) is 0 Å². The molecule has 1 aromatic heterocycles. The first-order valence-electron chi connectivity index (χ1n) is 5.19. The minimum Gasteiger partial charge on any atom is -0.477 e. The molecular weight excluding hydrogens is 242 g/mol. The van der Waals surface area contributed by atoms with E-state index in [1.54, 1.807) is 6.92 Å². The molecule has 0 aliphatic carbocycles. The highest BCUT2D eigenvalue weighted by Crippen LogP contribution is 2.15. The summed E-state index contributed by atoms with van der Waals surface area (Å²) >= 11 is 0. The third kappa shape index (κ3) is 3.30. The van der Waals surface area contributed by atoms with Gasteiger partial charge in [0.25, 0.3) is 0 Å². The molecule has 18 heavy (non-hydrogen) atoms. The van der Waals surface area contributed by atoms with Gasteiger partial charge in [-0.05, 0) is 13.8 Å². The number of aromatic amines is 1. The summed E-state index contributed by atoms with van der Waals surface area (Å²) in [6.07, 6.45) is -0.487. The molecule has 0 aromatic carbocycles. The molecule has 98 valence electrons. The van der Waals surface area contributed by atoms with Crippen LogP contribution < -0.4 is 5.32 Å². The number of carbonyl (C=O) groups is 3. The number of carboxylic acids is 1. The summed E-state index contributed by atoms with van der Waals surface area (Å²) in [5, 5.41) is 17.2. The van der Waals surface area contributed by atoms with E-state index in [1.807, 2.05) is 0 Å². The lowest BCUT2D eigenvalue weighted by molar-refractivity contribution is -0.145. The molecule has 8 heteroatoms. The highest BCUT2D eigenvalue weighted by Gasteiger charge is 2.20. The Balaban J connectivity index is 2.71. The second-order valence-corrected chi connectivity index (χ2v) is 3.41. The number of aromatic carboxylic acids is 1. The molecule has 1 rings (SSSR count). The maximum absolute atomic E-state index is 11.4. The predicted molar refractivity (Wildman–Crippen MR) is 60.2 cm³/mol. The fourth-order valence-corrected chi connectivity index (χ4v) is 1.30. The van der Waals surface area contributed by atoms with Gasteiger partial charge in [0.1, 0.15) is 12.0 Å². The van der Waals surface area contributed by atoms with E-state index in [-0.39, 0.29) is 18.0 Å². The third-order valence-electron chi connectivity index (χ3n) is 2.03. The van der Waals surface area contributed by atoms with Crippen LogP contribution in [0.25, 0.3) is 0 Å². The van der Waals surface area contributed by atoms with E-state index in [2.05, 4.69) is 20.3 Å². The molecule has 0 atom stereocenters. The van der Waals surface area contributed by atoms with Crippen molar-refractivity contribution in [3.8, 4) is 0 Å². The van der Waals surface area contributed by atoms with Crippen LogP contribution in [-0.2, 0) is 14.3 Å². The first-order chi connectivity index (χ1) is 8.45. The zero-order valence-electron chi connectivity index (χ0n) is 9.94. The van der Waals surface area contributed by atoms with Gasteiger partial charge in [-0.2, -0.15) is 5.10 Å².